The molecule has 0 aliphatic rings. The average Bonchev–Trinajstić information content (AvgIpc) is 2.82. The van der Waals surface area contributed by atoms with Crippen LogP contribution in [-0.4, -0.2) is 12.3 Å². The normalized spacial score (nSPS) is 13.5. The third-order valence-corrected chi connectivity index (χ3v) is 5.51. The van der Waals surface area contributed by atoms with Crippen molar-refractivity contribution in [3.63, 3.8) is 0 Å². The SMILES string of the molecule is CC(C(COCc1cc(C(F)(F)F)cc(C(F)(F)F)c1)=NOCc1ccccc1)c1cccc(Cl)c1. The summed E-state index contributed by atoms with van der Waals surface area (Å²) >= 11 is 6.08. The monoisotopic (exact) mass is 529 g/mol. The van der Waals surface area contributed by atoms with Crippen LogP contribution in [0.5, 0.6) is 0 Å². The van der Waals surface area contributed by atoms with Crippen molar-refractivity contribution in [1.82, 2.24) is 0 Å². The minimum atomic E-state index is -4.94. The molecule has 3 aromatic rings. The van der Waals surface area contributed by atoms with E-state index in [9.17, 15) is 26.3 Å². The van der Waals surface area contributed by atoms with E-state index in [0.29, 0.717) is 22.9 Å². The maximum Gasteiger partial charge on any atom is 0.416 e. The predicted molar refractivity (Wildman–Crippen MR) is 125 cm³/mol. The highest BCUT2D eigenvalue weighted by Gasteiger charge is 2.36. The number of halogens is 7. The van der Waals surface area contributed by atoms with E-state index in [4.69, 9.17) is 21.2 Å². The van der Waals surface area contributed by atoms with Gasteiger partial charge in [-0.25, -0.2) is 0 Å². The van der Waals surface area contributed by atoms with Crippen molar-refractivity contribution >= 4 is 17.3 Å². The van der Waals surface area contributed by atoms with Crippen molar-refractivity contribution in [3.8, 4) is 0 Å². The van der Waals surface area contributed by atoms with Crippen molar-refractivity contribution in [2.24, 2.45) is 5.16 Å². The molecule has 192 valence electrons. The summed E-state index contributed by atoms with van der Waals surface area (Å²) in [7, 11) is 0. The van der Waals surface area contributed by atoms with Crippen LogP contribution in [0.15, 0.2) is 78.0 Å². The van der Waals surface area contributed by atoms with Gasteiger partial charge in [-0.05, 0) is 47.0 Å². The Bertz CT molecular complexity index is 1150. The van der Waals surface area contributed by atoms with Crippen molar-refractivity contribution in [2.75, 3.05) is 6.61 Å². The molecule has 0 aliphatic carbocycles. The molecule has 0 amide bonds. The van der Waals surface area contributed by atoms with Gasteiger partial charge in [0, 0.05) is 10.9 Å². The molecule has 3 rings (SSSR count). The maximum absolute atomic E-state index is 13.1. The van der Waals surface area contributed by atoms with Gasteiger partial charge in [0.05, 0.1) is 30.1 Å². The number of rotatable bonds is 9. The lowest BCUT2D eigenvalue weighted by molar-refractivity contribution is -0.143. The van der Waals surface area contributed by atoms with Crippen LogP contribution in [0.2, 0.25) is 5.02 Å². The summed E-state index contributed by atoms with van der Waals surface area (Å²) in [6, 6.07) is 17.6. The number of nitrogens with zero attached hydrogens (tertiary/aromatic N) is 1. The first-order valence-electron chi connectivity index (χ1n) is 10.8. The maximum atomic E-state index is 13.1. The molecule has 0 heterocycles. The Morgan fingerprint density at radius 2 is 1.44 bits per heavy atom. The van der Waals surface area contributed by atoms with Crippen LogP contribution in [-0.2, 0) is 35.1 Å². The Balaban J connectivity index is 1.78. The third kappa shape index (κ3) is 7.99. The Kier molecular flexibility index (Phi) is 9.03. The molecule has 3 aromatic carbocycles. The fraction of sp³-hybridized carbons (Fsp3) is 0.269. The van der Waals surface area contributed by atoms with Crippen LogP contribution in [0.1, 0.15) is 40.7 Å². The Hall–Kier alpha value is -3.04. The molecule has 10 heteroatoms. The zero-order valence-electron chi connectivity index (χ0n) is 19.0. The van der Waals surface area contributed by atoms with Gasteiger partial charge in [0.25, 0.3) is 0 Å². The van der Waals surface area contributed by atoms with Crippen molar-refractivity contribution in [3.05, 3.63) is 106 Å². The summed E-state index contributed by atoms with van der Waals surface area (Å²) < 4.78 is 84.3. The molecule has 0 bridgehead atoms. The van der Waals surface area contributed by atoms with E-state index in [1.165, 1.54) is 0 Å². The molecule has 1 atom stereocenters. The van der Waals surface area contributed by atoms with E-state index in [1.807, 2.05) is 43.3 Å². The van der Waals surface area contributed by atoms with Crippen LogP contribution in [0.4, 0.5) is 26.3 Å². The van der Waals surface area contributed by atoms with Crippen LogP contribution in [0.25, 0.3) is 0 Å². The second-order valence-corrected chi connectivity index (χ2v) is 8.46. The molecule has 1 unspecified atom stereocenters. The fourth-order valence-electron chi connectivity index (χ4n) is 3.34. The molecule has 3 nitrogen and oxygen atoms in total. The minimum Gasteiger partial charge on any atom is -0.391 e. The Labute approximate surface area is 209 Å². The summed E-state index contributed by atoms with van der Waals surface area (Å²) in [5.74, 6) is -0.355. The molecule has 0 N–H and O–H groups in total. The van der Waals surface area contributed by atoms with Crippen LogP contribution >= 0.6 is 11.6 Å². The van der Waals surface area contributed by atoms with E-state index in [-0.39, 0.29) is 30.8 Å². The summed E-state index contributed by atoms with van der Waals surface area (Å²) in [4.78, 5) is 5.46. The number of hydrogen-bond donors (Lipinski definition) is 0. The van der Waals surface area contributed by atoms with Gasteiger partial charge >= 0.3 is 12.4 Å². The summed E-state index contributed by atoms with van der Waals surface area (Å²) in [5.41, 5.74) is -1.04. The first-order chi connectivity index (χ1) is 16.9. The van der Waals surface area contributed by atoms with E-state index in [2.05, 4.69) is 5.16 Å². The quantitative estimate of drug-likeness (QED) is 0.159. The molecule has 36 heavy (non-hydrogen) atoms. The second kappa shape index (κ2) is 11.8. The molecule has 0 radical (unpaired) electrons. The smallest absolute Gasteiger partial charge is 0.391 e. The van der Waals surface area contributed by atoms with Gasteiger partial charge in [-0.3, -0.25) is 0 Å². The molecular weight excluding hydrogens is 508 g/mol. The summed E-state index contributed by atoms with van der Waals surface area (Å²) in [6.45, 7) is 1.29. The third-order valence-electron chi connectivity index (χ3n) is 5.27. The fourth-order valence-corrected chi connectivity index (χ4v) is 3.54. The van der Waals surface area contributed by atoms with Gasteiger partial charge in [0.1, 0.15) is 6.61 Å². The van der Waals surface area contributed by atoms with Gasteiger partial charge in [-0.1, -0.05) is 66.1 Å². The van der Waals surface area contributed by atoms with E-state index >= 15 is 0 Å². The number of alkyl halides is 6. The largest absolute Gasteiger partial charge is 0.416 e. The molecule has 0 spiro atoms. The van der Waals surface area contributed by atoms with E-state index in [1.54, 1.807) is 18.2 Å². The molecule has 0 saturated heterocycles. The lowest BCUT2D eigenvalue weighted by atomic mass is 9.96. The first kappa shape index (κ1) is 27.5. The highest BCUT2D eigenvalue weighted by Crippen LogP contribution is 2.36. The molecule has 0 aliphatic heterocycles. The predicted octanol–water partition coefficient (Wildman–Crippen LogP) is 8.27. The van der Waals surface area contributed by atoms with Gasteiger partial charge in [-0.15, -0.1) is 0 Å². The first-order valence-corrected chi connectivity index (χ1v) is 11.2. The number of oxime groups is 1. The minimum absolute atomic E-state index is 0.0784. The number of ether oxygens (including phenoxy) is 1. The second-order valence-electron chi connectivity index (χ2n) is 8.03. The van der Waals surface area contributed by atoms with E-state index < -0.39 is 30.1 Å². The number of hydrogen-bond acceptors (Lipinski definition) is 3. The zero-order chi connectivity index (χ0) is 26.3. The van der Waals surface area contributed by atoms with Crippen LogP contribution in [0, 0.1) is 0 Å². The molecular formula is C26H22ClF6NO2. The lowest BCUT2D eigenvalue weighted by Gasteiger charge is -2.17. The topological polar surface area (TPSA) is 30.8 Å². The summed E-state index contributed by atoms with van der Waals surface area (Å²) in [6.07, 6.45) is -9.87. The van der Waals surface area contributed by atoms with Crippen molar-refractivity contribution in [1.29, 1.82) is 0 Å². The van der Waals surface area contributed by atoms with Crippen molar-refractivity contribution in [2.45, 2.75) is 38.4 Å². The molecule has 0 fully saturated rings. The van der Waals surface area contributed by atoms with Gasteiger partial charge in [-0.2, -0.15) is 26.3 Å². The number of benzene rings is 3. The standard InChI is InChI=1S/C26H22ClF6NO2/c1-17(20-8-5-9-23(27)12-20)24(34-36-15-18-6-3-2-4-7-18)16-35-14-19-10-21(25(28,29)30)13-22(11-19)26(31,32)33/h2-13,17H,14-16H2,1H3. The van der Waals surface area contributed by atoms with Gasteiger partial charge in [0.2, 0.25) is 0 Å². The lowest BCUT2D eigenvalue weighted by Crippen LogP contribution is -2.18. The van der Waals surface area contributed by atoms with Crippen molar-refractivity contribution < 1.29 is 35.9 Å². The summed E-state index contributed by atoms with van der Waals surface area (Å²) in [5, 5.41) is 4.65. The highest BCUT2D eigenvalue weighted by atomic mass is 35.5. The van der Waals surface area contributed by atoms with E-state index in [0.717, 1.165) is 11.1 Å². The highest BCUT2D eigenvalue weighted by molar-refractivity contribution is 6.30. The molecule has 0 aromatic heterocycles. The average molecular weight is 530 g/mol. The van der Waals surface area contributed by atoms with Gasteiger partial charge in [0.15, 0.2) is 0 Å². The van der Waals surface area contributed by atoms with Crippen LogP contribution in [0.3, 0.4) is 0 Å². The Morgan fingerprint density at radius 3 is 2.03 bits per heavy atom. The zero-order valence-corrected chi connectivity index (χ0v) is 19.8. The Morgan fingerprint density at radius 1 is 0.806 bits per heavy atom. The molecule has 0 saturated carbocycles. The van der Waals surface area contributed by atoms with Gasteiger partial charge < -0.3 is 9.57 Å². The van der Waals surface area contributed by atoms with Crippen LogP contribution < -0.4 is 0 Å².